The minimum absolute atomic E-state index is 0.678. The fourth-order valence-electron chi connectivity index (χ4n) is 2.12. The molecule has 0 radical (unpaired) electrons. The molecule has 0 amide bonds. The molecule has 0 saturated carbocycles. The third-order valence-corrected chi connectivity index (χ3v) is 3.38. The van der Waals surface area contributed by atoms with Gasteiger partial charge in [0.1, 0.15) is 11.5 Å². The molecule has 2 aromatic rings. The zero-order valence-electron chi connectivity index (χ0n) is 13.4. The van der Waals surface area contributed by atoms with Crippen LogP contribution in [0.3, 0.4) is 0 Å². The molecular weight excluding hydrogens is 258 g/mol. The van der Waals surface area contributed by atoms with Gasteiger partial charge in [-0.3, -0.25) is 0 Å². The first-order valence-electron chi connectivity index (χ1n) is 7.59. The van der Waals surface area contributed by atoms with Gasteiger partial charge in [-0.2, -0.15) is 0 Å². The molecule has 0 aliphatic heterocycles. The lowest BCUT2D eigenvalue weighted by Crippen LogP contribution is -2.18. The predicted octanol–water partition coefficient (Wildman–Crippen LogP) is 4.84. The van der Waals surface area contributed by atoms with Gasteiger partial charge in [-0.05, 0) is 61.2 Å². The molecule has 0 aliphatic carbocycles. The van der Waals surface area contributed by atoms with Gasteiger partial charge in [0.25, 0.3) is 0 Å². The van der Waals surface area contributed by atoms with Crippen LogP contribution in [0.25, 0.3) is 0 Å². The number of nitrogens with one attached hydrogen (secondary N) is 1. The van der Waals surface area contributed by atoms with Gasteiger partial charge < -0.3 is 10.1 Å². The van der Waals surface area contributed by atoms with E-state index in [0.29, 0.717) is 5.92 Å². The fraction of sp³-hybridized carbons (Fsp3) is 0.368. The van der Waals surface area contributed by atoms with Crippen molar-refractivity contribution < 1.29 is 4.74 Å². The molecule has 0 atom stereocenters. The summed E-state index contributed by atoms with van der Waals surface area (Å²) in [5.41, 5.74) is 3.65. The maximum Gasteiger partial charge on any atom is 0.130 e. The molecule has 2 heteroatoms. The molecular formula is C19H25NO. The van der Waals surface area contributed by atoms with Crippen LogP contribution < -0.4 is 10.1 Å². The van der Waals surface area contributed by atoms with Crippen molar-refractivity contribution in [2.75, 3.05) is 6.54 Å². The summed E-state index contributed by atoms with van der Waals surface area (Å²) in [5.74, 6) is 2.49. The minimum Gasteiger partial charge on any atom is -0.457 e. The first-order chi connectivity index (χ1) is 10.0. The molecule has 2 nitrogen and oxygen atoms in total. The van der Waals surface area contributed by atoms with Gasteiger partial charge in [0.15, 0.2) is 0 Å². The number of hydrogen-bond donors (Lipinski definition) is 1. The molecule has 112 valence electrons. The smallest absolute Gasteiger partial charge is 0.130 e. The number of rotatable bonds is 6. The quantitative estimate of drug-likeness (QED) is 0.819. The van der Waals surface area contributed by atoms with Crippen molar-refractivity contribution in [1.29, 1.82) is 0 Å². The van der Waals surface area contributed by atoms with Gasteiger partial charge in [-0.1, -0.05) is 38.1 Å². The van der Waals surface area contributed by atoms with E-state index in [1.54, 1.807) is 0 Å². The standard InChI is InChI=1S/C19H25NO/c1-14(2)12-20-13-17-7-9-18(10-8-17)21-19-11-15(3)5-6-16(19)4/h5-11,14,20H,12-13H2,1-4H3. The summed E-state index contributed by atoms with van der Waals surface area (Å²) >= 11 is 0. The number of benzene rings is 2. The van der Waals surface area contributed by atoms with E-state index < -0.39 is 0 Å². The van der Waals surface area contributed by atoms with Crippen molar-refractivity contribution >= 4 is 0 Å². The van der Waals surface area contributed by atoms with Crippen molar-refractivity contribution in [3.05, 3.63) is 59.2 Å². The van der Waals surface area contributed by atoms with Gasteiger partial charge >= 0.3 is 0 Å². The van der Waals surface area contributed by atoms with Gasteiger partial charge in [0, 0.05) is 6.54 Å². The van der Waals surface area contributed by atoms with E-state index in [4.69, 9.17) is 4.74 Å². The molecule has 0 aliphatic rings. The van der Waals surface area contributed by atoms with Crippen molar-refractivity contribution in [2.45, 2.75) is 34.2 Å². The molecule has 0 fully saturated rings. The highest BCUT2D eigenvalue weighted by atomic mass is 16.5. The van der Waals surface area contributed by atoms with E-state index in [9.17, 15) is 0 Å². The van der Waals surface area contributed by atoms with Crippen molar-refractivity contribution in [3.8, 4) is 11.5 Å². The molecule has 2 rings (SSSR count). The molecule has 0 aromatic heterocycles. The summed E-state index contributed by atoms with van der Waals surface area (Å²) < 4.78 is 5.97. The first kappa shape index (κ1) is 15.6. The summed E-state index contributed by atoms with van der Waals surface area (Å²) in [7, 11) is 0. The van der Waals surface area contributed by atoms with Crippen LogP contribution in [0.2, 0.25) is 0 Å². The second kappa shape index (κ2) is 7.28. The highest BCUT2D eigenvalue weighted by molar-refractivity contribution is 5.40. The largest absolute Gasteiger partial charge is 0.457 e. The van der Waals surface area contributed by atoms with Gasteiger partial charge in [0.2, 0.25) is 0 Å². The highest BCUT2D eigenvalue weighted by Crippen LogP contribution is 2.26. The Bertz CT molecular complexity index is 573. The summed E-state index contributed by atoms with van der Waals surface area (Å²) in [4.78, 5) is 0. The van der Waals surface area contributed by atoms with Gasteiger partial charge in [-0.15, -0.1) is 0 Å². The molecule has 0 unspecified atom stereocenters. The molecule has 2 aromatic carbocycles. The number of aryl methyl sites for hydroxylation is 2. The molecule has 0 spiro atoms. The van der Waals surface area contributed by atoms with Crippen LogP contribution in [0.15, 0.2) is 42.5 Å². The third-order valence-electron chi connectivity index (χ3n) is 3.38. The van der Waals surface area contributed by atoms with Crippen LogP contribution in [0.1, 0.15) is 30.5 Å². The Morgan fingerprint density at radius 2 is 1.71 bits per heavy atom. The first-order valence-corrected chi connectivity index (χ1v) is 7.59. The van der Waals surface area contributed by atoms with Crippen LogP contribution in [0.5, 0.6) is 11.5 Å². The SMILES string of the molecule is Cc1ccc(C)c(Oc2ccc(CNCC(C)C)cc2)c1. The van der Waals surface area contributed by atoms with Crippen LogP contribution >= 0.6 is 0 Å². The molecule has 1 N–H and O–H groups in total. The molecule has 0 bridgehead atoms. The van der Waals surface area contributed by atoms with Gasteiger partial charge in [-0.25, -0.2) is 0 Å². The molecule has 0 saturated heterocycles. The lowest BCUT2D eigenvalue weighted by molar-refractivity contribution is 0.478. The Hall–Kier alpha value is -1.80. The van der Waals surface area contributed by atoms with Crippen molar-refractivity contribution in [1.82, 2.24) is 5.32 Å². The van der Waals surface area contributed by atoms with Crippen LogP contribution in [0.4, 0.5) is 0 Å². The summed E-state index contributed by atoms with van der Waals surface area (Å²) in [6.45, 7) is 10.5. The van der Waals surface area contributed by atoms with E-state index in [1.165, 1.54) is 11.1 Å². The topological polar surface area (TPSA) is 21.3 Å². The lowest BCUT2D eigenvalue weighted by Gasteiger charge is -2.11. The maximum absolute atomic E-state index is 5.97. The number of ether oxygens (including phenoxy) is 1. The fourth-order valence-corrected chi connectivity index (χ4v) is 2.12. The molecule has 0 heterocycles. The van der Waals surface area contributed by atoms with Crippen LogP contribution in [-0.2, 0) is 6.54 Å². The zero-order valence-corrected chi connectivity index (χ0v) is 13.4. The summed E-state index contributed by atoms with van der Waals surface area (Å²) in [6.07, 6.45) is 0. The maximum atomic E-state index is 5.97. The monoisotopic (exact) mass is 283 g/mol. The Morgan fingerprint density at radius 3 is 2.38 bits per heavy atom. The third kappa shape index (κ3) is 4.91. The van der Waals surface area contributed by atoms with Crippen molar-refractivity contribution in [3.63, 3.8) is 0 Å². The minimum atomic E-state index is 0.678. The summed E-state index contributed by atoms with van der Waals surface area (Å²) in [5, 5.41) is 3.45. The van der Waals surface area contributed by atoms with Gasteiger partial charge in [0.05, 0.1) is 0 Å². The van der Waals surface area contributed by atoms with Crippen LogP contribution in [-0.4, -0.2) is 6.54 Å². The number of hydrogen-bond acceptors (Lipinski definition) is 2. The van der Waals surface area contributed by atoms with E-state index in [2.05, 4.69) is 63.3 Å². The summed E-state index contributed by atoms with van der Waals surface area (Å²) in [6, 6.07) is 14.6. The Balaban J connectivity index is 1.97. The Morgan fingerprint density at radius 1 is 1.00 bits per heavy atom. The van der Waals surface area contributed by atoms with E-state index in [0.717, 1.165) is 30.2 Å². The molecule has 21 heavy (non-hydrogen) atoms. The highest BCUT2D eigenvalue weighted by Gasteiger charge is 2.02. The lowest BCUT2D eigenvalue weighted by atomic mass is 10.1. The zero-order chi connectivity index (χ0) is 15.2. The average molecular weight is 283 g/mol. The van der Waals surface area contributed by atoms with E-state index in [1.807, 2.05) is 12.1 Å². The average Bonchev–Trinajstić information content (AvgIpc) is 2.44. The van der Waals surface area contributed by atoms with E-state index >= 15 is 0 Å². The second-order valence-electron chi connectivity index (χ2n) is 6.04. The Labute approximate surface area is 128 Å². The van der Waals surface area contributed by atoms with Crippen molar-refractivity contribution in [2.24, 2.45) is 5.92 Å². The predicted molar refractivity (Wildman–Crippen MR) is 89.0 cm³/mol. The van der Waals surface area contributed by atoms with E-state index in [-0.39, 0.29) is 0 Å². The Kier molecular flexibility index (Phi) is 5.40. The second-order valence-corrected chi connectivity index (χ2v) is 6.04. The van der Waals surface area contributed by atoms with Crippen LogP contribution in [0, 0.1) is 19.8 Å². The normalized spacial score (nSPS) is 10.9.